The zero-order valence-electron chi connectivity index (χ0n) is 13.0. The molecule has 7 heteroatoms. The van der Waals surface area contributed by atoms with Gasteiger partial charge in [-0.2, -0.15) is 5.10 Å². The average Bonchev–Trinajstić information content (AvgIpc) is 2.90. The molecule has 7 nitrogen and oxygen atoms in total. The summed E-state index contributed by atoms with van der Waals surface area (Å²) in [5.41, 5.74) is 8.45. The molecule has 3 heterocycles. The first kappa shape index (κ1) is 15.2. The second-order valence-corrected chi connectivity index (χ2v) is 5.69. The topological polar surface area (TPSA) is 94.1 Å². The summed E-state index contributed by atoms with van der Waals surface area (Å²) in [6.07, 6.45) is 5.25. The van der Waals surface area contributed by atoms with E-state index in [-0.39, 0.29) is 11.6 Å². The van der Waals surface area contributed by atoms with Crippen LogP contribution in [0.2, 0.25) is 0 Å². The Kier molecular flexibility index (Phi) is 4.10. The third-order valence-electron chi connectivity index (χ3n) is 4.18. The summed E-state index contributed by atoms with van der Waals surface area (Å²) in [5.74, 6) is -0.481. The molecule has 0 radical (unpaired) electrons. The molecule has 3 rings (SSSR count). The predicted octanol–water partition coefficient (Wildman–Crippen LogP) is 0.431. The first-order chi connectivity index (χ1) is 11.1. The van der Waals surface area contributed by atoms with Gasteiger partial charge in [0, 0.05) is 56.6 Å². The monoisotopic (exact) mass is 313 g/mol. The van der Waals surface area contributed by atoms with Crippen LogP contribution in [-0.4, -0.2) is 38.0 Å². The Labute approximate surface area is 134 Å². The first-order valence-electron chi connectivity index (χ1n) is 7.57. The van der Waals surface area contributed by atoms with Crippen LogP contribution in [0.5, 0.6) is 0 Å². The number of aromatic nitrogens is 3. The van der Waals surface area contributed by atoms with Gasteiger partial charge in [0.05, 0.1) is 0 Å². The number of carbonyl (C=O) groups is 2. The fourth-order valence-corrected chi connectivity index (χ4v) is 2.96. The molecule has 0 saturated heterocycles. The number of primary amides is 1. The van der Waals surface area contributed by atoms with Crippen molar-refractivity contribution in [1.82, 2.24) is 19.7 Å². The smallest absolute Gasteiger partial charge is 0.269 e. The highest BCUT2D eigenvalue weighted by molar-refractivity contribution is 5.92. The van der Waals surface area contributed by atoms with Gasteiger partial charge in [-0.15, -0.1) is 0 Å². The average molecular weight is 313 g/mol. The van der Waals surface area contributed by atoms with Gasteiger partial charge in [0.1, 0.15) is 0 Å². The molecule has 0 spiro atoms. The van der Waals surface area contributed by atoms with E-state index in [9.17, 15) is 9.59 Å². The fraction of sp³-hybridized carbons (Fsp3) is 0.375. The molecule has 0 atom stereocenters. The minimum absolute atomic E-state index is 0.0683. The number of nitrogens with two attached hydrogens (primary N) is 1. The summed E-state index contributed by atoms with van der Waals surface area (Å²) >= 11 is 0. The number of amides is 2. The van der Waals surface area contributed by atoms with Crippen molar-refractivity contribution in [3.8, 4) is 0 Å². The lowest BCUT2D eigenvalue weighted by Crippen LogP contribution is -2.37. The van der Waals surface area contributed by atoms with Crippen molar-refractivity contribution in [2.75, 3.05) is 6.54 Å². The quantitative estimate of drug-likeness (QED) is 0.885. The van der Waals surface area contributed by atoms with Crippen LogP contribution in [0.15, 0.2) is 24.5 Å². The van der Waals surface area contributed by atoms with E-state index in [1.54, 1.807) is 29.0 Å². The van der Waals surface area contributed by atoms with E-state index in [1.807, 2.05) is 12.1 Å². The highest BCUT2D eigenvalue weighted by Gasteiger charge is 2.28. The van der Waals surface area contributed by atoms with Gasteiger partial charge in [0.25, 0.3) is 5.91 Å². The van der Waals surface area contributed by atoms with Crippen molar-refractivity contribution in [2.45, 2.75) is 25.8 Å². The minimum atomic E-state index is -0.550. The maximum Gasteiger partial charge on any atom is 0.269 e. The molecule has 0 fully saturated rings. The van der Waals surface area contributed by atoms with Gasteiger partial charge in [0.15, 0.2) is 5.69 Å². The van der Waals surface area contributed by atoms with E-state index in [0.717, 1.165) is 16.8 Å². The largest absolute Gasteiger partial charge is 0.364 e. The number of aryl methyl sites for hydroxylation is 2. The summed E-state index contributed by atoms with van der Waals surface area (Å²) in [7, 11) is 1.80. The van der Waals surface area contributed by atoms with Crippen molar-refractivity contribution >= 4 is 11.8 Å². The van der Waals surface area contributed by atoms with Gasteiger partial charge in [-0.25, -0.2) is 0 Å². The molecule has 120 valence electrons. The number of nitrogens with zero attached hydrogens (tertiary/aromatic N) is 4. The molecule has 2 aromatic heterocycles. The van der Waals surface area contributed by atoms with Gasteiger partial charge >= 0.3 is 0 Å². The molecule has 0 bridgehead atoms. The van der Waals surface area contributed by atoms with Gasteiger partial charge in [0.2, 0.25) is 5.91 Å². The molecule has 23 heavy (non-hydrogen) atoms. The van der Waals surface area contributed by atoms with E-state index in [1.165, 1.54) is 0 Å². The lowest BCUT2D eigenvalue weighted by atomic mass is 10.0. The number of fused-ring (bicyclic) bond motifs is 1. The Balaban J connectivity index is 1.69. The maximum absolute atomic E-state index is 12.4. The second-order valence-electron chi connectivity index (χ2n) is 5.69. The normalized spacial score (nSPS) is 13.7. The Morgan fingerprint density at radius 1 is 1.39 bits per heavy atom. The third kappa shape index (κ3) is 3.08. The summed E-state index contributed by atoms with van der Waals surface area (Å²) in [6.45, 7) is 1.03. The maximum atomic E-state index is 12.4. The first-order valence-corrected chi connectivity index (χ1v) is 7.57. The molecule has 2 aromatic rings. The summed E-state index contributed by atoms with van der Waals surface area (Å²) in [4.78, 5) is 29.8. The van der Waals surface area contributed by atoms with E-state index in [0.29, 0.717) is 32.4 Å². The van der Waals surface area contributed by atoms with Gasteiger partial charge in [-0.3, -0.25) is 19.3 Å². The van der Waals surface area contributed by atoms with Crippen LogP contribution in [0.1, 0.15) is 33.7 Å². The predicted molar refractivity (Wildman–Crippen MR) is 83.4 cm³/mol. The molecule has 0 aliphatic carbocycles. The lowest BCUT2D eigenvalue weighted by Gasteiger charge is -2.27. The standard InChI is InChI=1S/C16H19N5O2/c1-20-13-6-8-21(10-12(13)15(19-20)16(17)23)14(22)5-4-11-3-2-7-18-9-11/h2-3,7,9H,4-6,8,10H2,1H3,(H2,17,23). The van der Waals surface area contributed by atoms with Gasteiger partial charge < -0.3 is 10.6 Å². The van der Waals surface area contributed by atoms with Crippen molar-refractivity contribution in [1.29, 1.82) is 0 Å². The number of pyridine rings is 1. The lowest BCUT2D eigenvalue weighted by molar-refractivity contribution is -0.132. The number of hydrogen-bond acceptors (Lipinski definition) is 4. The van der Waals surface area contributed by atoms with E-state index >= 15 is 0 Å². The Morgan fingerprint density at radius 2 is 2.22 bits per heavy atom. The molecule has 0 unspecified atom stereocenters. The molecule has 0 aromatic carbocycles. The highest BCUT2D eigenvalue weighted by Crippen LogP contribution is 2.22. The van der Waals surface area contributed by atoms with E-state index < -0.39 is 5.91 Å². The third-order valence-corrected chi connectivity index (χ3v) is 4.18. The minimum Gasteiger partial charge on any atom is -0.364 e. The second kappa shape index (κ2) is 6.20. The molecule has 0 saturated carbocycles. The molecule has 1 aliphatic rings. The van der Waals surface area contributed by atoms with E-state index in [2.05, 4.69) is 10.1 Å². The van der Waals surface area contributed by atoms with Crippen molar-refractivity contribution < 1.29 is 9.59 Å². The van der Waals surface area contributed by atoms with Crippen molar-refractivity contribution in [3.05, 3.63) is 47.0 Å². The van der Waals surface area contributed by atoms with Crippen LogP contribution in [0.4, 0.5) is 0 Å². The van der Waals surface area contributed by atoms with Crippen LogP contribution in [-0.2, 0) is 31.2 Å². The van der Waals surface area contributed by atoms with Crippen molar-refractivity contribution in [2.24, 2.45) is 12.8 Å². The SMILES string of the molecule is Cn1nc(C(N)=O)c2c1CCN(C(=O)CCc1cccnc1)C2. The van der Waals surface area contributed by atoms with Crippen LogP contribution < -0.4 is 5.73 Å². The van der Waals surface area contributed by atoms with Crippen LogP contribution >= 0.6 is 0 Å². The number of rotatable bonds is 4. The Morgan fingerprint density at radius 3 is 2.91 bits per heavy atom. The van der Waals surface area contributed by atoms with Gasteiger partial charge in [-0.1, -0.05) is 6.07 Å². The zero-order chi connectivity index (χ0) is 16.4. The summed E-state index contributed by atoms with van der Waals surface area (Å²) in [5, 5.41) is 4.18. The van der Waals surface area contributed by atoms with Crippen LogP contribution in [0.3, 0.4) is 0 Å². The van der Waals surface area contributed by atoms with Crippen molar-refractivity contribution in [3.63, 3.8) is 0 Å². The Hall–Kier alpha value is -2.70. The number of carbonyl (C=O) groups excluding carboxylic acids is 2. The zero-order valence-corrected chi connectivity index (χ0v) is 13.0. The molecule has 2 amide bonds. The highest BCUT2D eigenvalue weighted by atomic mass is 16.2. The molecular weight excluding hydrogens is 294 g/mol. The molecule has 2 N–H and O–H groups in total. The molecule has 1 aliphatic heterocycles. The summed E-state index contributed by atoms with van der Waals surface area (Å²) < 4.78 is 1.69. The van der Waals surface area contributed by atoms with Crippen LogP contribution in [0, 0.1) is 0 Å². The van der Waals surface area contributed by atoms with E-state index in [4.69, 9.17) is 5.73 Å². The number of hydrogen-bond donors (Lipinski definition) is 1. The van der Waals surface area contributed by atoms with Crippen LogP contribution in [0.25, 0.3) is 0 Å². The summed E-state index contributed by atoms with van der Waals surface area (Å²) in [6, 6.07) is 3.82. The fourth-order valence-electron chi connectivity index (χ4n) is 2.96. The molecular formula is C16H19N5O2. The Bertz CT molecular complexity index is 738. The van der Waals surface area contributed by atoms with Gasteiger partial charge in [-0.05, 0) is 18.1 Å².